The zero-order chi connectivity index (χ0) is 12.7. The minimum Gasteiger partial charge on any atom is -0.271 e. The summed E-state index contributed by atoms with van der Waals surface area (Å²) in [6, 6.07) is 9.47. The van der Waals surface area contributed by atoms with E-state index in [1.807, 2.05) is 0 Å². The van der Waals surface area contributed by atoms with Gasteiger partial charge in [0.1, 0.15) is 0 Å². The van der Waals surface area contributed by atoms with E-state index < -0.39 is 0 Å². The van der Waals surface area contributed by atoms with E-state index in [0.717, 1.165) is 17.8 Å². The van der Waals surface area contributed by atoms with Gasteiger partial charge in [-0.1, -0.05) is 44.5 Å². The molecule has 1 fully saturated rings. The van der Waals surface area contributed by atoms with E-state index in [9.17, 15) is 0 Å². The van der Waals surface area contributed by atoms with Crippen molar-refractivity contribution in [2.24, 2.45) is 23.6 Å². The van der Waals surface area contributed by atoms with Crippen LogP contribution < -0.4 is 11.3 Å². The Morgan fingerprint density at radius 1 is 1.39 bits per heavy atom. The van der Waals surface area contributed by atoms with E-state index in [4.69, 9.17) is 5.84 Å². The molecular formula is C16H24N2. The standard InChI is InChI=1S/C16H24N2/c1-3-10(2)16(18-17)15-13-9-8-11-6-4-5-7-12(11)14(13)15/h4-7,10,13-16,18H,3,8-9,17H2,1-2H3. The van der Waals surface area contributed by atoms with Crippen LogP contribution in [0.1, 0.15) is 43.7 Å². The molecule has 3 N–H and O–H groups in total. The fraction of sp³-hybridized carbons (Fsp3) is 0.625. The molecule has 0 aromatic heterocycles. The van der Waals surface area contributed by atoms with Crippen molar-refractivity contribution in [2.45, 2.75) is 45.1 Å². The lowest BCUT2D eigenvalue weighted by Gasteiger charge is -2.22. The fourth-order valence-corrected chi connectivity index (χ4v) is 4.02. The van der Waals surface area contributed by atoms with Crippen LogP contribution in [0.15, 0.2) is 24.3 Å². The van der Waals surface area contributed by atoms with E-state index in [1.165, 1.54) is 19.3 Å². The van der Waals surface area contributed by atoms with Crippen molar-refractivity contribution < 1.29 is 0 Å². The first-order chi connectivity index (χ1) is 8.77. The highest BCUT2D eigenvalue weighted by Gasteiger charge is 2.56. The lowest BCUT2D eigenvalue weighted by molar-refractivity contribution is 0.321. The van der Waals surface area contributed by atoms with Crippen LogP contribution in [0.2, 0.25) is 0 Å². The van der Waals surface area contributed by atoms with Gasteiger partial charge < -0.3 is 0 Å². The van der Waals surface area contributed by atoms with Crippen LogP contribution in [0.3, 0.4) is 0 Å². The van der Waals surface area contributed by atoms with Gasteiger partial charge in [-0.05, 0) is 47.6 Å². The molecule has 2 aliphatic rings. The Morgan fingerprint density at radius 3 is 2.89 bits per heavy atom. The second-order valence-electron chi connectivity index (χ2n) is 6.08. The Hall–Kier alpha value is -0.860. The van der Waals surface area contributed by atoms with Crippen molar-refractivity contribution in [1.82, 2.24) is 5.43 Å². The molecule has 0 heterocycles. The molecule has 5 unspecified atom stereocenters. The number of hydrogen-bond donors (Lipinski definition) is 2. The molecule has 1 aromatic carbocycles. The molecule has 0 saturated heterocycles. The van der Waals surface area contributed by atoms with E-state index in [1.54, 1.807) is 11.1 Å². The van der Waals surface area contributed by atoms with Gasteiger partial charge in [0.15, 0.2) is 0 Å². The highest BCUT2D eigenvalue weighted by atomic mass is 15.2. The number of rotatable bonds is 4. The summed E-state index contributed by atoms with van der Waals surface area (Å²) < 4.78 is 0. The molecular weight excluding hydrogens is 220 g/mol. The quantitative estimate of drug-likeness (QED) is 0.631. The monoisotopic (exact) mass is 244 g/mol. The number of hydrazine groups is 1. The van der Waals surface area contributed by atoms with Gasteiger partial charge in [0.2, 0.25) is 0 Å². The first-order valence-electron chi connectivity index (χ1n) is 7.31. The van der Waals surface area contributed by atoms with Crippen molar-refractivity contribution in [1.29, 1.82) is 0 Å². The molecule has 1 aromatic rings. The first kappa shape index (κ1) is 12.2. The summed E-state index contributed by atoms with van der Waals surface area (Å²) >= 11 is 0. The van der Waals surface area contributed by atoms with Crippen LogP contribution >= 0.6 is 0 Å². The molecule has 2 aliphatic carbocycles. The maximum absolute atomic E-state index is 5.81. The third-order valence-corrected chi connectivity index (χ3v) is 5.25. The Balaban J connectivity index is 1.83. The molecule has 3 rings (SSSR count). The summed E-state index contributed by atoms with van der Waals surface area (Å²) in [4.78, 5) is 0. The molecule has 0 amide bonds. The average molecular weight is 244 g/mol. The molecule has 5 atom stereocenters. The first-order valence-corrected chi connectivity index (χ1v) is 7.31. The van der Waals surface area contributed by atoms with Gasteiger partial charge >= 0.3 is 0 Å². The highest BCUT2D eigenvalue weighted by Crippen LogP contribution is 2.62. The summed E-state index contributed by atoms with van der Waals surface area (Å²) in [5, 5.41) is 0. The molecule has 0 radical (unpaired) electrons. The zero-order valence-corrected chi connectivity index (χ0v) is 11.4. The van der Waals surface area contributed by atoms with Gasteiger partial charge in [-0.15, -0.1) is 0 Å². The molecule has 0 bridgehead atoms. The molecule has 2 nitrogen and oxygen atoms in total. The Bertz CT molecular complexity index is 429. The third kappa shape index (κ3) is 1.79. The number of aryl methyl sites for hydroxylation is 1. The Kier molecular flexibility index (Phi) is 3.16. The lowest BCUT2D eigenvalue weighted by atomic mass is 9.91. The number of nitrogens with one attached hydrogen (secondary N) is 1. The van der Waals surface area contributed by atoms with Crippen molar-refractivity contribution >= 4 is 0 Å². The smallest absolute Gasteiger partial charge is 0.0273 e. The van der Waals surface area contributed by atoms with Gasteiger partial charge in [-0.3, -0.25) is 11.3 Å². The van der Waals surface area contributed by atoms with Crippen LogP contribution in [0.4, 0.5) is 0 Å². The minimum absolute atomic E-state index is 0.483. The molecule has 0 aliphatic heterocycles. The SMILES string of the molecule is CCC(C)C(NN)C1C2CCc3ccccc3C21. The van der Waals surface area contributed by atoms with Crippen molar-refractivity contribution in [3.63, 3.8) is 0 Å². The zero-order valence-electron chi connectivity index (χ0n) is 11.4. The number of hydrogen-bond acceptors (Lipinski definition) is 2. The second-order valence-corrected chi connectivity index (χ2v) is 6.08. The van der Waals surface area contributed by atoms with Gasteiger partial charge in [-0.25, -0.2) is 0 Å². The largest absolute Gasteiger partial charge is 0.271 e. The summed E-state index contributed by atoms with van der Waals surface area (Å²) in [6.07, 6.45) is 3.80. The molecule has 1 saturated carbocycles. The molecule has 98 valence electrons. The predicted molar refractivity (Wildman–Crippen MR) is 75.1 cm³/mol. The van der Waals surface area contributed by atoms with Crippen LogP contribution in [0.25, 0.3) is 0 Å². The highest BCUT2D eigenvalue weighted by molar-refractivity contribution is 5.40. The number of fused-ring (bicyclic) bond motifs is 3. The lowest BCUT2D eigenvalue weighted by Crippen LogP contribution is -2.42. The average Bonchev–Trinajstić information content (AvgIpc) is 3.14. The van der Waals surface area contributed by atoms with Crippen LogP contribution in [-0.4, -0.2) is 6.04 Å². The van der Waals surface area contributed by atoms with Gasteiger partial charge in [0.25, 0.3) is 0 Å². The van der Waals surface area contributed by atoms with E-state index >= 15 is 0 Å². The topological polar surface area (TPSA) is 38.0 Å². The third-order valence-electron chi connectivity index (χ3n) is 5.25. The Labute approximate surface area is 110 Å². The van der Waals surface area contributed by atoms with Gasteiger partial charge in [-0.2, -0.15) is 0 Å². The Morgan fingerprint density at radius 2 is 2.17 bits per heavy atom. The van der Waals surface area contributed by atoms with E-state index in [-0.39, 0.29) is 0 Å². The van der Waals surface area contributed by atoms with Gasteiger partial charge in [0.05, 0.1) is 0 Å². The minimum atomic E-state index is 0.483. The summed E-state index contributed by atoms with van der Waals surface area (Å²) in [7, 11) is 0. The van der Waals surface area contributed by atoms with Crippen molar-refractivity contribution in [3.8, 4) is 0 Å². The van der Waals surface area contributed by atoms with E-state index in [2.05, 4.69) is 43.5 Å². The van der Waals surface area contributed by atoms with Crippen molar-refractivity contribution in [2.75, 3.05) is 0 Å². The van der Waals surface area contributed by atoms with Crippen LogP contribution in [0, 0.1) is 17.8 Å². The molecule has 18 heavy (non-hydrogen) atoms. The predicted octanol–water partition coefficient (Wildman–Crippen LogP) is 2.84. The summed E-state index contributed by atoms with van der Waals surface area (Å²) in [5.74, 6) is 8.88. The maximum atomic E-state index is 5.81. The number of benzene rings is 1. The van der Waals surface area contributed by atoms with Crippen LogP contribution in [0.5, 0.6) is 0 Å². The van der Waals surface area contributed by atoms with E-state index in [0.29, 0.717) is 12.0 Å². The fourth-order valence-electron chi connectivity index (χ4n) is 4.02. The second kappa shape index (κ2) is 4.67. The molecule has 0 spiro atoms. The van der Waals surface area contributed by atoms with Gasteiger partial charge in [0, 0.05) is 6.04 Å². The normalized spacial score (nSPS) is 32.3. The maximum Gasteiger partial charge on any atom is 0.0273 e. The summed E-state index contributed by atoms with van der Waals surface area (Å²) in [5.41, 5.74) is 6.27. The summed E-state index contributed by atoms with van der Waals surface area (Å²) in [6.45, 7) is 4.58. The number of nitrogens with two attached hydrogens (primary N) is 1. The van der Waals surface area contributed by atoms with Crippen molar-refractivity contribution in [3.05, 3.63) is 35.4 Å². The van der Waals surface area contributed by atoms with Crippen LogP contribution in [-0.2, 0) is 6.42 Å². The molecule has 2 heteroatoms.